The molecule has 0 aromatic heterocycles. The second kappa shape index (κ2) is 14.1. The van der Waals surface area contributed by atoms with Crippen molar-refractivity contribution in [1.82, 2.24) is 14.5 Å². The third-order valence-corrected chi connectivity index (χ3v) is 7.74. The average Bonchev–Trinajstić information content (AvgIpc) is 2.92. The first-order valence-electron chi connectivity index (χ1n) is 12.5. The van der Waals surface area contributed by atoms with Crippen molar-refractivity contribution in [2.75, 3.05) is 26.5 Å². The molecule has 8 nitrogen and oxygen atoms in total. The maximum absolute atomic E-state index is 13.6. The normalized spacial score (nSPS) is 12.1. The molecule has 3 aromatic rings. The second-order valence-electron chi connectivity index (χ2n) is 9.23. The minimum Gasteiger partial charge on any atom is -0.497 e. The molecule has 3 rings (SSSR count). The van der Waals surface area contributed by atoms with Gasteiger partial charge in [0.1, 0.15) is 11.8 Å². The molecule has 10 heteroatoms. The van der Waals surface area contributed by atoms with Crippen molar-refractivity contribution in [3.63, 3.8) is 0 Å². The van der Waals surface area contributed by atoms with E-state index in [0.717, 1.165) is 33.0 Å². The van der Waals surface area contributed by atoms with Crippen LogP contribution in [-0.2, 0) is 39.1 Å². The van der Waals surface area contributed by atoms with E-state index in [1.807, 2.05) is 42.5 Å². The first-order valence-corrected chi connectivity index (χ1v) is 14.7. The number of methoxy groups -OCH3 is 1. The van der Waals surface area contributed by atoms with Gasteiger partial charge in [0.2, 0.25) is 21.8 Å². The first kappa shape index (κ1) is 30.1. The third kappa shape index (κ3) is 9.38. The van der Waals surface area contributed by atoms with Gasteiger partial charge in [-0.2, -0.15) is 4.31 Å². The average molecular weight is 572 g/mol. The predicted octanol–water partition coefficient (Wildman–Crippen LogP) is 3.89. The van der Waals surface area contributed by atoms with E-state index in [2.05, 4.69) is 5.32 Å². The molecule has 0 saturated carbocycles. The van der Waals surface area contributed by atoms with Crippen molar-refractivity contribution in [1.29, 1.82) is 0 Å². The van der Waals surface area contributed by atoms with Crippen LogP contribution >= 0.6 is 11.6 Å². The van der Waals surface area contributed by atoms with E-state index >= 15 is 0 Å². The van der Waals surface area contributed by atoms with Crippen LogP contribution in [0.25, 0.3) is 0 Å². The summed E-state index contributed by atoms with van der Waals surface area (Å²) in [6, 6.07) is 22.7. The summed E-state index contributed by atoms with van der Waals surface area (Å²) in [5.74, 6) is -0.0629. The van der Waals surface area contributed by atoms with Gasteiger partial charge in [0, 0.05) is 24.7 Å². The van der Waals surface area contributed by atoms with Crippen LogP contribution in [-0.4, -0.2) is 61.9 Å². The number of sulfonamides is 1. The summed E-state index contributed by atoms with van der Waals surface area (Å²) in [5.41, 5.74) is 2.55. The van der Waals surface area contributed by atoms with Gasteiger partial charge in [-0.3, -0.25) is 9.59 Å². The fourth-order valence-electron chi connectivity index (χ4n) is 3.96. The van der Waals surface area contributed by atoms with Crippen molar-refractivity contribution in [3.05, 3.63) is 101 Å². The minimum atomic E-state index is -3.71. The molecule has 0 aliphatic rings. The Morgan fingerprint density at radius 3 is 2.08 bits per heavy atom. The van der Waals surface area contributed by atoms with Crippen LogP contribution < -0.4 is 10.1 Å². The molecule has 0 bridgehead atoms. The van der Waals surface area contributed by atoms with Gasteiger partial charge in [-0.15, -0.1) is 0 Å². The third-order valence-electron chi connectivity index (χ3n) is 6.29. The lowest BCUT2D eigenvalue weighted by atomic mass is 10.1. The lowest BCUT2D eigenvalue weighted by Gasteiger charge is -2.31. The Hall–Kier alpha value is -3.40. The molecule has 0 aliphatic heterocycles. The molecular weight excluding hydrogens is 538 g/mol. The van der Waals surface area contributed by atoms with E-state index in [4.69, 9.17) is 16.3 Å². The van der Waals surface area contributed by atoms with Crippen LogP contribution in [0.5, 0.6) is 5.75 Å². The lowest BCUT2D eigenvalue weighted by Crippen LogP contribution is -2.51. The van der Waals surface area contributed by atoms with Gasteiger partial charge in [-0.05, 0) is 54.3 Å². The lowest BCUT2D eigenvalue weighted by molar-refractivity contribution is -0.140. The van der Waals surface area contributed by atoms with Crippen molar-refractivity contribution in [2.45, 2.75) is 32.5 Å². The van der Waals surface area contributed by atoms with Crippen molar-refractivity contribution in [3.8, 4) is 5.75 Å². The van der Waals surface area contributed by atoms with E-state index in [1.165, 1.54) is 4.90 Å². The fourth-order valence-corrected chi connectivity index (χ4v) is 4.81. The topological polar surface area (TPSA) is 96.0 Å². The number of hydrogen-bond donors (Lipinski definition) is 1. The van der Waals surface area contributed by atoms with Gasteiger partial charge < -0.3 is 15.0 Å². The number of carbonyl (C=O) groups is 2. The van der Waals surface area contributed by atoms with E-state index in [1.54, 1.807) is 50.4 Å². The Labute approximate surface area is 235 Å². The molecule has 0 spiro atoms. The monoisotopic (exact) mass is 571 g/mol. The molecule has 0 fully saturated rings. The Morgan fingerprint density at radius 1 is 0.897 bits per heavy atom. The smallest absolute Gasteiger partial charge is 0.242 e. The predicted molar refractivity (Wildman–Crippen MR) is 153 cm³/mol. The number of amides is 2. The molecule has 1 atom stereocenters. The molecule has 0 heterocycles. The Bertz CT molecular complexity index is 1330. The summed E-state index contributed by atoms with van der Waals surface area (Å²) in [7, 11) is -2.11. The van der Waals surface area contributed by atoms with Gasteiger partial charge in [0.15, 0.2) is 0 Å². The molecule has 3 aromatic carbocycles. The molecule has 0 saturated heterocycles. The first-order chi connectivity index (χ1) is 18.6. The number of nitrogens with one attached hydrogen (secondary N) is 1. The summed E-state index contributed by atoms with van der Waals surface area (Å²) >= 11 is 6.02. The molecular formula is C29H34ClN3O5S. The largest absolute Gasteiger partial charge is 0.497 e. The molecule has 39 heavy (non-hydrogen) atoms. The van der Waals surface area contributed by atoms with Crippen LogP contribution in [0.3, 0.4) is 0 Å². The number of halogens is 1. The van der Waals surface area contributed by atoms with E-state index < -0.39 is 28.5 Å². The molecule has 0 unspecified atom stereocenters. The Morgan fingerprint density at radius 2 is 1.49 bits per heavy atom. The van der Waals surface area contributed by atoms with Gasteiger partial charge >= 0.3 is 0 Å². The number of carbonyl (C=O) groups excluding carboxylic acids is 2. The molecule has 208 valence electrons. The quantitative estimate of drug-likeness (QED) is 0.336. The zero-order chi connectivity index (χ0) is 28.4. The van der Waals surface area contributed by atoms with E-state index in [0.29, 0.717) is 18.0 Å². The maximum Gasteiger partial charge on any atom is 0.242 e. The minimum absolute atomic E-state index is 0.0443. The van der Waals surface area contributed by atoms with Crippen LogP contribution in [0.1, 0.15) is 23.6 Å². The van der Waals surface area contributed by atoms with E-state index in [-0.39, 0.29) is 19.0 Å². The molecule has 0 radical (unpaired) electrons. The highest BCUT2D eigenvalue weighted by atomic mass is 35.5. The highest BCUT2D eigenvalue weighted by Gasteiger charge is 2.29. The summed E-state index contributed by atoms with van der Waals surface area (Å²) in [6.07, 6.45) is 1.68. The SMILES string of the molecule is COc1ccc(CCNC(=O)[C@@H](C)N(Cc2ccc(Cl)cc2)C(=O)CN(Cc2ccccc2)S(C)(=O)=O)cc1. The summed E-state index contributed by atoms with van der Waals surface area (Å²) < 4.78 is 31.4. The number of hydrogen-bond acceptors (Lipinski definition) is 5. The highest BCUT2D eigenvalue weighted by Crippen LogP contribution is 2.16. The Kier molecular flexibility index (Phi) is 10.9. The van der Waals surface area contributed by atoms with Gasteiger partial charge in [-0.25, -0.2) is 8.42 Å². The standard InChI is InChI=1S/C29H34ClN3O5S/c1-22(29(35)31-18-17-23-11-15-27(38-2)16-12-23)33(20-25-9-13-26(30)14-10-25)28(34)21-32(39(3,36)37)19-24-7-5-4-6-8-24/h4-16,22H,17-21H2,1-3H3,(H,31,35)/t22-/m1/s1. The van der Waals surface area contributed by atoms with Crippen molar-refractivity contribution < 1.29 is 22.7 Å². The summed E-state index contributed by atoms with van der Waals surface area (Å²) in [6.45, 7) is 1.78. The summed E-state index contributed by atoms with van der Waals surface area (Å²) in [5, 5.41) is 3.44. The second-order valence-corrected chi connectivity index (χ2v) is 11.6. The molecule has 0 aliphatic carbocycles. The van der Waals surface area contributed by atoms with Crippen molar-refractivity contribution >= 4 is 33.4 Å². The maximum atomic E-state index is 13.6. The summed E-state index contributed by atoms with van der Waals surface area (Å²) in [4.78, 5) is 28.1. The van der Waals surface area contributed by atoms with Crippen LogP contribution in [0.4, 0.5) is 0 Å². The molecule has 2 amide bonds. The zero-order valence-electron chi connectivity index (χ0n) is 22.3. The van der Waals surface area contributed by atoms with Crippen LogP contribution in [0.15, 0.2) is 78.9 Å². The van der Waals surface area contributed by atoms with Crippen molar-refractivity contribution in [2.24, 2.45) is 0 Å². The number of benzene rings is 3. The molecule has 1 N–H and O–H groups in total. The van der Waals surface area contributed by atoms with Gasteiger partial charge in [0.25, 0.3) is 0 Å². The highest BCUT2D eigenvalue weighted by molar-refractivity contribution is 7.88. The van der Waals surface area contributed by atoms with Crippen LogP contribution in [0, 0.1) is 0 Å². The van der Waals surface area contributed by atoms with Gasteiger partial charge in [-0.1, -0.05) is 66.2 Å². The van der Waals surface area contributed by atoms with Gasteiger partial charge in [0.05, 0.1) is 19.9 Å². The Balaban J connectivity index is 1.74. The zero-order valence-corrected chi connectivity index (χ0v) is 23.9. The van der Waals surface area contributed by atoms with Crippen LogP contribution in [0.2, 0.25) is 5.02 Å². The fraction of sp³-hybridized carbons (Fsp3) is 0.310. The van der Waals surface area contributed by atoms with E-state index in [9.17, 15) is 18.0 Å². The number of ether oxygens (including phenoxy) is 1. The number of rotatable bonds is 13. The number of nitrogens with zero attached hydrogens (tertiary/aromatic N) is 2.